The Kier molecular flexibility index (Phi) is 8.45. The maximum atomic E-state index is 15.5. The lowest BCUT2D eigenvalue weighted by Gasteiger charge is -2.23. The fourth-order valence-electron chi connectivity index (χ4n) is 8.96. The molecule has 8 aromatic carbocycles. The number of para-hydroxylation sites is 2. The number of aryl methyl sites for hydroxylation is 2. The van der Waals surface area contributed by atoms with E-state index in [1.165, 1.54) is 12.1 Å². The van der Waals surface area contributed by atoms with Crippen LogP contribution in [-0.2, 0) is 6.18 Å². The van der Waals surface area contributed by atoms with E-state index in [-0.39, 0.29) is 22.3 Å². The minimum absolute atomic E-state index is 0.109. The number of alkyl halides is 3. The summed E-state index contributed by atoms with van der Waals surface area (Å²) in [5.74, 6) is 0. The molecule has 2 aromatic heterocycles. The number of aromatic nitrogens is 2. The molecule has 10 rings (SSSR count). The number of halogens is 3. The van der Waals surface area contributed by atoms with Crippen molar-refractivity contribution < 1.29 is 13.2 Å². The van der Waals surface area contributed by atoms with Crippen LogP contribution in [0.4, 0.5) is 13.2 Å². The van der Waals surface area contributed by atoms with Gasteiger partial charge in [-0.2, -0.15) is 23.7 Å². The van der Waals surface area contributed by atoms with Gasteiger partial charge in [-0.05, 0) is 101 Å². The average Bonchev–Trinajstić information content (AvgIpc) is 3.77. The van der Waals surface area contributed by atoms with Gasteiger partial charge in [0.15, 0.2) is 0 Å². The van der Waals surface area contributed by atoms with Gasteiger partial charge in [-0.1, -0.05) is 115 Å². The van der Waals surface area contributed by atoms with Crippen LogP contribution in [0.2, 0.25) is 0 Å². The molecule has 4 nitrogen and oxygen atoms in total. The van der Waals surface area contributed by atoms with Crippen LogP contribution in [0, 0.1) is 36.5 Å². The van der Waals surface area contributed by atoms with Crippen LogP contribution < -0.4 is 0 Å². The van der Waals surface area contributed by atoms with Crippen molar-refractivity contribution in [3.63, 3.8) is 0 Å². The molecule has 10 aromatic rings. The van der Waals surface area contributed by atoms with Gasteiger partial charge < -0.3 is 9.13 Å². The lowest BCUT2D eigenvalue weighted by atomic mass is 9.92. The minimum Gasteiger partial charge on any atom is -0.308 e. The van der Waals surface area contributed by atoms with E-state index >= 15 is 13.2 Å². The highest BCUT2D eigenvalue weighted by molar-refractivity contribution is 6.13. The topological polar surface area (TPSA) is 57.4 Å². The maximum Gasteiger partial charge on any atom is 0.417 e. The van der Waals surface area contributed by atoms with Crippen molar-refractivity contribution in [3.8, 4) is 56.9 Å². The van der Waals surface area contributed by atoms with E-state index < -0.39 is 11.7 Å². The first-order valence-corrected chi connectivity index (χ1v) is 19.5. The number of hydrogen-bond donors (Lipinski definition) is 0. The fourth-order valence-corrected chi connectivity index (χ4v) is 8.96. The monoisotopic (exact) mass is 782 g/mol. The zero-order valence-electron chi connectivity index (χ0n) is 32.5. The van der Waals surface area contributed by atoms with Crippen molar-refractivity contribution in [2.45, 2.75) is 20.0 Å². The van der Waals surface area contributed by atoms with Gasteiger partial charge in [0.1, 0.15) is 0 Å². The first-order valence-electron chi connectivity index (χ1n) is 19.5. The summed E-state index contributed by atoms with van der Waals surface area (Å²) in [6.45, 7) is 4.10. The van der Waals surface area contributed by atoms with Gasteiger partial charge >= 0.3 is 6.18 Å². The van der Waals surface area contributed by atoms with E-state index in [0.29, 0.717) is 11.4 Å². The molecule has 2 heterocycles. The van der Waals surface area contributed by atoms with Crippen molar-refractivity contribution >= 4 is 43.6 Å². The Labute approximate surface area is 343 Å². The molecular weight excluding hydrogens is 750 g/mol. The van der Waals surface area contributed by atoms with Crippen LogP contribution in [0.25, 0.3) is 88.4 Å². The molecule has 0 bridgehead atoms. The second-order valence-electron chi connectivity index (χ2n) is 15.2. The SMILES string of the molecule is Cc1ccccc1-c1ccc2c3ccccc3n(-c3cc(C#N)cc(-n4c5ccccc5c5ccc(-c6ccccc6C)cc54)c3-c3ccc(C#N)cc3C(F)(F)F)c2c1. The summed E-state index contributed by atoms with van der Waals surface area (Å²) >= 11 is 0. The van der Waals surface area contributed by atoms with Crippen LogP contribution in [0.5, 0.6) is 0 Å². The van der Waals surface area contributed by atoms with E-state index in [1.54, 1.807) is 12.1 Å². The summed E-state index contributed by atoms with van der Waals surface area (Å²) < 4.78 is 50.6. The zero-order chi connectivity index (χ0) is 41.3. The van der Waals surface area contributed by atoms with Gasteiger partial charge in [0.2, 0.25) is 0 Å². The van der Waals surface area contributed by atoms with Crippen molar-refractivity contribution in [3.05, 3.63) is 192 Å². The minimum atomic E-state index is -4.83. The fraction of sp³-hybridized carbons (Fsp3) is 0.0566. The van der Waals surface area contributed by atoms with Crippen molar-refractivity contribution in [2.75, 3.05) is 0 Å². The molecule has 0 aliphatic rings. The molecular formula is C53H33F3N4. The molecule has 7 heteroatoms. The maximum absolute atomic E-state index is 15.5. The Morgan fingerprint density at radius 2 is 0.883 bits per heavy atom. The summed E-state index contributed by atoms with van der Waals surface area (Å²) in [4.78, 5) is 0. The Morgan fingerprint density at radius 1 is 0.433 bits per heavy atom. The van der Waals surface area contributed by atoms with Gasteiger partial charge in [0.25, 0.3) is 0 Å². The molecule has 0 saturated heterocycles. The second kappa shape index (κ2) is 13.9. The molecule has 0 spiro atoms. The van der Waals surface area contributed by atoms with Crippen LogP contribution in [0.15, 0.2) is 164 Å². The van der Waals surface area contributed by atoms with E-state index in [9.17, 15) is 10.5 Å². The molecule has 0 radical (unpaired) electrons. The quantitative estimate of drug-likeness (QED) is 0.175. The van der Waals surface area contributed by atoms with Gasteiger partial charge in [-0.3, -0.25) is 0 Å². The number of benzene rings is 8. The first kappa shape index (κ1) is 36.5. The van der Waals surface area contributed by atoms with Crippen LogP contribution in [0.1, 0.15) is 27.8 Å². The molecule has 0 unspecified atom stereocenters. The third-order valence-corrected chi connectivity index (χ3v) is 11.7. The molecule has 60 heavy (non-hydrogen) atoms. The molecule has 0 aliphatic carbocycles. The molecule has 0 atom stereocenters. The highest BCUT2D eigenvalue weighted by Gasteiger charge is 2.36. The summed E-state index contributed by atoms with van der Waals surface area (Å²) in [5, 5.41) is 24.3. The van der Waals surface area contributed by atoms with Crippen LogP contribution >= 0.6 is 0 Å². The second-order valence-corrected chi connectivity index (χ2v) is 15.2. The number of nitrogens with zero attached hydrogens (tertiary/aromatic N) is 4. The van der Waals surface area contributed by atoms with E-state index in [4.69, 9.17) is 0 Å². The first-order chi connectivity index (χ1) is 29.1. The van der Waals surface area contributed by atoms with E-state index in [1.807, 2.05) is 88.0 Å². The highest BCUT2D eigenvalue weighted by atomic mass is 19.4. The molecule has 0 saturated carbocycles. The largest absolute Gasteiger partial charge is 0.417 e. The average molecular weight is 783 g/mol. The lowest BCUT2D eigenvalue weighted by Crippen LogP contribution is -2.11. The Bertz CT molecular complexity index is 3300. The van der Waals surface area contributed by atoms with Gasteiger partial charge in [-0.25, -0.2) is 0 Å². The predicted molar refractivity (Wildman–Crippen MR) is 235 cm³/mol. The standard InChI is InChI=1S/C53H33F3N4/c1-32-11-3-5-13-38(32)36-20-23-42-40-15-7-9-17-46(40)59(48(42)28-36)50-26-35(31-58)27-51(52(50)44-22-19-34(30-57)25-45(44)53(54,55)56)60-47-18-10-8-16-41(47)43-24-21-37(29-49(43)60)39-14-6-4-12-33(39)2/h3-29H,1-2H3. The molecule has 0 N–H and O–H groups in total. The van der Waals surface area contributed by atoms with Gasteiger partial charge in [0, 0.05) is 27.1 Å². The van der Waals surface area contributed by atoms with E-state index in [2.05, 4.69) is 80.6 Å². The number of nitriles is 2. The Balaban J connectivity index is 1.41. The molecule has 0 aliphatic heterocycles. The Morgan fingerprint density at radius 3 is 1.35 bits per heavy atom. The summed E-state index contributed by atoms with van der Waals surface area (Å²) in [6, 6.07) is 55.7. The smallest absolute Gasteiger partial charge is 0.308 e. The summed E-state index contributed by atoms with van der Waals surface area (Å²) in [7, 11) is 0. The lowest BCUT2D eigenvalue weighted by molar-refractivity contribution is -0.137. The summed E-state index contributed by atoms with van der Waals surface area (Å²) in [5.41, 5.74) is 9.35. The van der Waals surface area contributed by atoms with Crippen molar-refractivity contribution in [2.24, 2.45) is 0 Å². The molecule has 0 fully saturated rings. The van der Waals surface area contributed by atoms with Crippen molar-refractivity contribution in [1.82, 2.24) is 9.13 Å². The molecule has 286 valence electrons. The highest BCUT2D eigenvalue weighted by Crippen LogP contribution is 2.47. The number of hydrogen-bond acceptors (Lipinski definition) is 2. The number of fused-ring (bicyclic) bond motifs is 6. The Hall–Kier alpha value is -7.87. The summed E-state index contributed by atoms with van der Waals surface area (Å²) in [6.07, 6.45) is -4.83. The normalized spacial score (nSPS) is 11.7. The predicted octanol–water partition coefficient (Wildman–Crippen LogP) is 14.3. The van der Waals surface area contributed by atoms with Gasteiger partial charge in [0.05, 0.1) is 62.3 Å². The van der Waals surface area contributed by atoms with Crippen LogP contribution in [-0.4, -0.2) is 9.13 Å². The third-order valence-electron chi connectivity index (χ3n) is 11.7. The van der Waals surface area contributed by atoms with E-state index in [0.717, 1.165) is 83.1 Å². The van der Waals surface area contributed by atoms with Crippen molar-refractivity contribution in [1.29, 1.82) is 10.5 Å². The number of rotatable bonds is 5. The van der Waals surface area contributed by atoms with Gasteiger partial charge in [-0.15, -0.1) is 0 Å². The molecule has 0 amide bonds. The third kappa shape index (κ3) is 5.74. The zero-order valence-corrected chi connectivity index (χ0v) is 32.5. The van der Waals surface area contributed by atoms with Crippen LogP contribution in [0.3, 0.4) is 0 Å².